The van der Waals surface area contributed by atoms with E-state index in [4.69, 9.17) is 18.6 Å². The number of allylic oxidation sites excluding steroid dienone is 1. The molecule has 0 saturated heterocycles. The summed E-state index contributed by atoms with van der Waals surface area (Å²) in [5.74, 6) is 0. The number of rotatable bonds is 3. The molecule has 1 aromatic carbocycles. The van der Waals surface area contributed by atoms with E-state index in [9.17, 15) is 0 Å². The summed E-state index contributed by atoms with van der Waals surface area (Å²) < 4.78 is 0. The van der Waals surface area contributed by atoms with E-state index in [0.29, 0.717) is 0 Å². The van der Waals surface area contributed by atoms with Crippen molar-refractivity contribution in [1.82, 2.24) is 0 Å². The van der Waals surface area contributed by atoms with Crippen LogP contribution < -0.4 is 0 Å². The van der Waals surface area contributed by atoms with Crippen LogP contribution in [0.4, 0.5) is 0 Å². The van der Waals surface area contributed by atoms with Crippen molar-refractivity contribution in [1.29, 1.82) is 0 Å². The van der Waals surface area contributed by atoms with Crippen molar-refractivity contribution in [2.75, 3.05) is 0 Å². The Morgan fingerprint density at radius 2 is 1.94 bits per heavy atom. The first kappa shape index (κ1) is 14.3. The summed E-state index contributed by atoms with van der Waals surface area (Å²) >= 11 is -0.556. The zero-order valence-corrected chi connectivity index (χ0v) is 12.5. The van der Waals surface area contributed by atoms with Crippen LogP contribution in [0.5, 0.6) is 0 Å². The van der Waals surface area contributed by atoms with E-state index in [2.05, 4.69) is 37.3 Å². The monoisotopic (exact) mass is 290 g/mol. The van der Waals surface area contributed by atoms with Crippen molar-refractivity contribution in [3.05, 3.63) is 41.0 Å². The molecule has 0 radical (unpaired) electrons. The molecular formula is C13H16Cl2Ti. The molecule has 0 aromatic heterocycles. The third kappa shape index (κ3) is 4.63. The first-order valence-corrected chi connectivity index (χ1v) is 9.85. The zero-order chi connectivity index (χ0) is 11.8. The topological polar surface area (TPSA) is 0 Å². The molecule has 86 valence electrons. The van der Waals surface area contributed by atoms with Gasteiger partial charge in [-0.1, -0.05) is 49.3 Å². The first-order chi connectivity index (χ1) is 7.81. The van der Waals surface area contributed by atoms with E-state index in [1.807, 2.05) is 0 Å². The summed E-state index contributed by atoms with van der Waals surface area (Å²) in [6, 6.07) is 8.71. The molecule has 0 amide bonds. The molecule has 1 aliphatic rings. The van der Waals surface area contributed by atoms with Crippen molar-refractivity contribution in [2.24, 2.45) is 0 Å². The van der Waals surface area contributed by atoms with Crippen molar-refractivity contribution in [2.45, 2.75) is 32.6 Å². The molecule has 1 aliphatic carbocycles. The standard InChI is InChI=1S/C13H16.2ClH.Ti/c1-2-3-6-11-9-12-7-4-5-8-13(12)10-11;;;/h4-5,7-9H,2-3,6,10H2,1H3;2*1H;/q;;;+2/p-2. The molecule has 0 atom stereocenters. The van der Waals surface area contributed by atoms with Crippen LogP contribution in [-0.2, 0) is 23.5 Å². The van der Waals surface area contributed by atoms with Gasteiger partial charge in [-0.25, -0.2) is 0 Å². The van der Waals surface area contributed by atoms with Gasteiger partial charge in [0.2, 0.25) is 0 Å². The Balaban J connectivity index is 0.000000386. The van der Waals surface area contributed by atoms with E-state index in [0.717, 1.165) is 0 Å². The first-order valence-electron chi connectivity index (χ1n) is 5.55. The SMILES string of the molecule is CCCCC1=Cc2ccccc2C1.[Cl][Ti][Cl]. The van der Waals surface area contributed by atoms with Crippen molar-refractivity contribution in [3.8, 4) is 0 Å². The maximum atomic E-state index is 4.89. The molecule has 2 rings (SSSR count). The number of fused-ring (bicyclic) bond motifs is 1. The molecular weight excluding hydrogens is 275 g/mol. The van der Waals surface area contributed by atoms with Crippen LogP contribution >= 0.6 is 18.6 Å². The Morgan fingerprint density at radius 3 is 2.56 bits per heavy atom. The Labute approximate surface area is 115 Å². The van der Waals surface area contributed by atoms with Gasteiger partial charge in [-0.3, -0.25) is 0 Å². The number of hydrogen-bond donors (Lipinski definition) is 0. The van der Waals surface area contributed by atoms with Crippen LogP contribution in [-0.4, -0.2) is 0 Å². The van der Waals surface area contributed by atoms with Gasteiger partial charge < -0.3 is 0 Å². The number of hydrogen-bond acceptors (Lipinski definition) is 0. The Bertz CT molecular complexity index is 348. The molecule has 0 bridgehead atoms. The fraction of sp³-hybridized carbons (Fsp3) is 0.385. The molecule has 0 N–H and O–H groups in total. The van der Waals surface area contributed by atoms with E-state index in [1.54, 1.807) is 5.57 Å². The summed E-state index contributed by atoms with van der Waals surface area (Å²) in [4.78, 5) is 0. The molecule has 0 unspecified atom stereocenters. The summed E-state index contributed by atoms with van der Waals surface area (Å²) in [7, 11) is 9.78. The van der Waals surface area contributed by atoms with Crippen LogP contribution in [0, 0.1) is 0 Å². The average Bonchev–Trinajstić information content (AvgIpc) is 2.70. The predicted molar refractivity (Wildman–Crippen MR) is 69.4 cm³/mol. The predicted octanol–water partition coefficient (Wildman–Crippen LogP) is 5.19. The van der Waals surface area contributed by atoms with Gasteiger partial charge in [-0.05, 0) is 30.4 Å². The molecule has 0 spiro atoms. The zero-order valence-electron chi connectivity index (χ0n) is 9.47. The molecule has 16 heavy (non-hydrogen) atoms. The second-order valence-electron chi connectivity index (χ2n) is 3.85. The summed E-state index contributed by atoms with van der Waals surface area (Å²) in [5, 5.41) is 0. The number of halogens is 2. The molecule has 0 saturated carbocycles. The maximum absolute atomic E-state index is 4.89. The number of benzene rings is 1. The molecule has 0 nitrogen and oxygen atoms in total. The molecule has 0 aliphatic heterocycles. The van der Waals surface area contributed by atoms with Gasteiger partial charge in [0.05, 0.1) is 0 Å². The summed E-state index contributed by atoms with van der Waals surface area (Å²) in [6.45, 7) is 2.25. The Morgan fingerprint density at radius 1 is 1.25 bits per heavy atom. The Kier molecular flexibility index (Phi) is 7.48. The van der Waals surface area contributed by atoms with Crippen molar-refractivity contribution in [3.63, 3.8) is 0 Å². The van der Waals surface area contributed by atoms with E-state index >= 15 is 0 Å². The van der Waals surface area contributed by atoms with Crippen LogP contribution in [0.15, 0.2) is 29.8 Å². The van der Waals surface area contributed by atoms with Gasteiger partial charge >= 0.3 is 35.6 Å². The molecule has 0 fully saturated rings. The third-order valence-corrected chi connectivity index (χ3v) is 2.68. The van der Waals surface area contributed by atoms with Crippen LogP contribution in [0.25, 0.3) is 6.08 Å². The van der Waals surface area contributed by atoms with Crippen LogP contribution in [0.3, 0.4) is 0 Å². The fourth-order valence-corrected chi connectivity index (χ4v) is 1.92. The quantitative estimate of drug-likeness (QED) is 0.672. The number of unbranched alkanes of at least 4 members (excludes halogenated alkanes) is 1. The van der Waals surface area contributed by atoms with Crippen molar-refractivity contribution < 1.29 is 17.0 Å². The molecule has 0 heterocycles. The van der Waals surface area contributed by atoms with E-state index < -0.39 is 17.0 Å². The summed E-state index contributed by atoms with van der Waals surface area (Å²) in [6.07, 6.45) is 7.47. The van der Waals surface area contributed by atoms with Gasteiger partial charge in [-0.15, -0.1) is 0 Å². The van der Waals surface area contributed by atoms with Crippen molar-refractivity contribution >= 4 is 24.7 Å². The third-order valence-electron chi connectivity index (χ3n) is 2.68. The second-order valence-corrected chi connectivity index (χ2v) is 6.43. The summed E-state index contributed by atoms with van der Waals surface area (Å²) in [5.41, 5.74) is 4.56. The van der Waals surface area contributed by atoms with Gasteiger partial charge in [0.15, 0.2) is 0 Å². The van der Waals surface area contributed by atoms with Crippen LogP contribution in [0.1, 0.15) is 37.3 Å². The van der Waals surface area contributed by atoms with Gasteiger partial charge in [-0.2, -0.15) is 0 Å². The Hall–Kier alpha value is 0.254. The van der Waals surface area contributed by atoms with Gasteiger partial charge in [0.25, 0.3) is 0 Å². The van der Waals surface area contributed by atoms with E-state index in [-0.39, 0.29) is 0 Å². The average molecular weight is 291 g/mol. The second kappa shape index (κ2) is 8.36. The van der Waals surface area contributed by atoms with E-state index in [1.165, 1.54) is 36.8 Å². The molecule has 1 aromatic rings. The van der Waals surface area contributed by atoms with Crippen LogP contribution in [0.2, 0.25) is 0 Å². The van der Waals surface area contributed by atoms with Gasteiger partial charge in [0, 0.05) is 0 Å². The minimum absolute atomic E-state index is 0.556. The van der Waals surface area contributed by atoms with Gasteiger partial charge in [0.1, 0.15) is 0 Å². The normalized spacial score (nSPS) is 12.3. The molecule has 3 heteroatoms. The minimum atomic E-state index is -0.556. The fourth-order valence-electron chi connectivity index (χ4n) is 1.92.